The molecule has 0 spiro atoms. The summed E-state index contributed by atoms with van der Waals surface area (Å²) in [5.74, 6) is 7.42. The Kier molecular flexibility index (Phi) is 10.4. The Morgan fingerprint density at radius 2 is 1.43 bits per heavy atom. The van der Waals surface area contributed by atoms with Gasteiger partial charge in [-0.05, 0) is 37.6 Å². The van der Waals surface area contributed by atoms with Crippen molar-refractivity contribution in [1.82, 2.24) is 0 Å². The van der Waals surface area contributed by atoms with Gasteiger partial charge in [-0.3, -0.25) is 0 Å². The summed E-state index contributed by atoms with van der Waals surface area (Å²) in [5.41, 5.74) is 1.08. The van der Waals surface area contributed by atoms with Crippen LogP contribution in [0.2, 0.25) is 0 Å². The minimum Gasteiger partial charge on any atom is -0.494 e. The molecule has 0 bridgehead atoms. The monoisotopic (exact) mass is 286 g/mol. The molecule has 0 aliphatic heterocycles. The topological polar surface area (TPSA) is 9.23 Å². The van der Waals surface area contributed by atoms with E-state index in [1.54, 1.807) is 0 Å². The van der Waals surface area contributed by atoms with E-state index in [1.807, 2.05) is 31.2 Å². The zero-order chi connectivity index (χ0) is 15.2. The van der Waals surface area contributed by atoms with E-state index >= 15 is 0 Å². The van der Waals surface area contributed by atoms with Gasteiger partial charge in [-0.15, -0.1) is 0 Å². The molecule has 1 nitrogen and oxygen atoms in total. The van der Waals surface area contributed by atoms with Crippen LogP contribution >= 0.6 is 0 Å². The second-order valence-corrected chi connectivity index (χ2v) is 5.48. The first-order valence-corrected chi connectivity index (χ1v) is 8.58. The van der Waals surface area contributed by atoms with Crippen molar-refractivity contribution in [3.8, 4) is 17.6 Å². The Morgan fingerprint density at radius 1 is 0.810 bits per heavy atom. The summed E-state index contributed by atoms with van der Waals surface area (Å²) >= 11 is 0. The van der Waals surface area contributed by atoms with Crippen LogP contribution in [0.5, 0.6) is 5.75 Å². The molecule has 0 aromatic heterocycles. The molecule has 0 radical (unpaired) electrons. The second-order valence-electron chi connectivity index (χ2n) is 5.48. The number of rotatable bonds is 10. The van der Waals surface area contributed by atoms with Gasteiger partial charge < -0.3 is 4.74 Å². The highest BCUT2D eigenvalue weighted by molar-refractivity contribution is 5.38. The first-order chi connectivity index (χ1) is 10.4. The molecule has 0 N–H and O–H groups in total. The Bertz CT molecular complexity index is 408. The molecule has 0 heterocycles. The van der Waals surface area contributed by atoms with Gasteiger partial charge in [0, 0.05) is 12.0 Å². The number of hydrogen-bond donors (Lipinski definition) is 0. The Labute approximate surface area is 131 Å². The van der Waals surface area contributed by atoms with Crippen LogP contribution in [-0.4, -0.2) is 6.61 Å². The van der Waals surface area contributed by atoms with Crippen molar-refractivity contribution in [2.75, 3.05) is 6.61 Å². The lowest BCUT2D eigenvalue weighted by Gasteiger charge is -2.01. The molecule has 21 heavy (non-hydrogen) atoms. The van der Waals surface area contributed by atoms with E-state index in [0.717, 1.165) is 17.7 Å². The van der Waals surface area contributed by atoms with Crippen LogP contribution in [0.25, 0.3) is 0 Å². The van der Waals surface area contributed by atoms with Gasteiger partial charge in [0.05, 0.1) is 6.61 Å². The molecule has 0 atom stereocenters. The van der Waals surface area contributed by atoms with Gasteiger partial charge in [0.2, 0.25) is 0 Å². The molecule has 0 amide bonds. The maximum Gasteiger partial charge on any atom is 0.119 e. The smallest absolute Gasteiger partial charge is 0.119 e. The Morgan fingerprint density at radius 3 is 2.05 bits per heavy atom. The molecule has 0 aliphatic carbocycles. The molecule has 0 saturated heterocycles. The molecule has 0 saturated carbocycles. The molecule has 116 valence electrons. The summed E-state index contributed by atoms with van der Waals surface area (Å²) in [6.45, 7) is 4.98. The molecule has 0 fully saturated rings. The summed E-state index contributed by atoms with van der Waals surface area (Å²) in [6.07, 6.45) is 11.9. The van der Waals surface area contributed by atoms with Crippen molar-refractivity contribution in [1.29, 1.82) is 0 Å². The molecule has 1 heteroatoms. The first-order valence-electron chi connectivity index (χ1n) is 8.58. The number of ether oxygens (including phenoxy) is 1. The third-order valence-corrected chi connectivity index (χ3v) is 3.55. The number of unbranched alkanes of at least 4 members (excludes halogenated alkanes) is 8. The van der Waals surface area contributed by atoms with Crippen molar-refractivity contribution >= 4 is 0 Å². The van der Waals surface area contributed by atoms with Crippen molar-refractivity contribution in [3.05, 3.63) is 29.8 Å². The minimum atomic E-state index is 0.712. The van der Waals surface area contributed by atoms with Crippen LogP contribution in [0.1, 0.15) is 77.2 Å². The van der Waals surface area contributed by atoms with Gasteiger partial charge in [-0.2, -0.15) is 0 Å². The predicted octanol–water partition coefficient (Wildman–Crippen LogP) is 5.97. The highest BCUT2D eigenvalue weighted by Gasteiger charge is 1.92. The lowest BCUT2D eigenvalue weighted by atomic mass is 10.1. The van der Waals surface area contributed by atoms with E-state index in [9.17, 15) is 0 Å². The normalized spacial score (nSPS) is 10.0. The van der Waals surface area contributed by atoms with Crippen molar-refractivity contribution in [2.24, 2.45) is 0 Å². The average Bonchev–Trinajstić information content (AvgIpc) is 2.51. The summed E-state index contributed by atoms with van der Waals surface area (Å²) < 4.78 is 5.42. The molecule has 0 unspecified atom stereocenters. The van der Waals surface area contributed by atoms with Gasteiger partial charge in [0.15, 0.2) is 0 Å². The molecule has 1 aromatic carbocycles. The third-order valence-electron chi connectivity index (χ3n) is 3.55. The number of hydrogen-bond acceptors (Lipinski definition) is 1. The van der Waals surface area contributed by atoms with Crippen LogP contribution in [0.15, 0.2) is 24.3 Å². The van der Waals surface area contributed by atoms with E-state index in [-0.39, 0.29) is 0 Å². The van der Waals surface area contributed by atoms with Gasteiger partial charge in [-0.1, -0.05) is 63.7 Å². The van der Waals surface area contributed by atoms with E-state index < -0.39 is 0 Å². The quantitative estimate of drug-likeness (QED) is 0.380. The minimum absolute atomic E-state index is 0.712. The highest BCUT2D eigenvalue weighted by atomic mass is 16.5. The van der Waals surface area contributed by atoms with E-state index in [1.165, 1.54) is 51.4 Å². The van der Waals surface area contributed by atoms with E-state index in [0.29, 0.717) is 6.61 Å². The van der Waals surface area contributed by atoms with Crippen LogP contribution in [0, 0.1) is 11.8 Å². The largest absolute Gasteiger partial charge is 0.494 e. The zero-order valence-corrected chi connectivity index (χ0v) is 13.8. The van der Waals surface area contributed by atoms with Gasteiger partial charge in [0.1, 0.15) is 5.75 Å². The van der Waals surface area contributed by atoms with Crippen LogP contribution < -0.4 is 4.74 Å². The molecule has 1 aromatic rings. The molecular weight excluding hydrogens is 256 g/mol. The standard InChI is InChI=1S/C20H30O/c1-3-5-6-7-8-9-10-11-12-13-14-19-15-17-20(18-16-19)21-4-2/h15-18H,3-12H2,1-2H3. The van der Waals surface area contributed by atoms with E-state index in [2.05, 4.69) is 18.8 Å². The van der Waals surface area contributed by atoms with Crippen molar-refractivity contribution in [3.63, 3.8) is 0 Å². The molecular formula is C20H30O. The van der Waals surface area contributed by atoms with Crippen LogP contribution in [-0.2, 0) is 0 Å². The van der Waals surface area contributed by atoms with Gasteiger partial charge in [-0.25, -0.2) is 0 Å². The summed E-state index contributed by atoms with van der Waals surface area (Å²) in [6, 6.07) is 8.05. The van der Waals surface area contributed by atoms with Crippen molar-refractivity contribution in [2.45, 2.75) is 71.6 Å². The lowest BCUT2D eigenvalue weighted by Crippen LogP contribution is -1.90. The zero-order valence-electron chi connectivity index (χ0n) is 13.8. The first kappa shape index (κ1) is 17.6. The van der Waals surface area contributed by atoms with Crippen LogP contribution in [0.3, 0.4) is 0 Å². The fraction of sp³-hybridized carbons (Fsp3) is 0.600. The van der Waals surface area contributed by atoms with E-state index in [4.69, 9.17) is 4.74 Å². The fourth-order valence-electron chi connectivity index (χ4n) is 2.31. The Hall–Kier alpha value is -1.42. The fourth-order valence-corrected chi connectivity index (χ4v) is 2.31. The highest BCUT2D eigenvalue weighted by Crippen LogP contribution is 2.12. The third kappa shape index (κ3) is 9.19. The summed E-state index contributed by atoms with van der Waals surface area (Å²) in [4.78, 5) is 0. The SMILES string of the molecule is CCCCCCCCCCC#Cc1ccc(OCC)cc1. The lowest BCUT2D eigenvalue weighted by molar-refractivity contribution is 0.340. The van der Waals surface area contributed by atoms with Crippen molar-refractivity contribution < 1.29 is 4.74 Å². The number of benzene rings is 1. The summed E-state index contributed by atoms with van der Waals surface area (Å²) in [7, 11) is 0. The maximum atomic E-state index is 5.42. The predicted molar refractivity (Wildman–Crippen MR) is 91.7 cm³/mol. The maximum absolute atomic E-state index is 5.42. The van der Waals surface area contributed by atoms with Gasteiger partial charge in [0.25, 0.3) is 0 Å². The molecule has 1 rings (SSSR count). The summed E-state index contributed by atoms with van der Waals surface area (Å²) in [5, 5.41) is 0. The molecule has 0 aliphatic rings. The Balaban J connectivity index is 2.07. The average molecular weight is 286 g/mol. The van der Waals surface area contributed by atoms with Gasteiger partial charge >= 0.3 is 0 Å². The second kappa shape index (κ2) is 12.3. The van der Waals surface area contributed by atoms with Crippen LogP contribution in [0.4, 0.5) is 0 Å².